The number of nitrogens with two attached hydrogens (primary N) is 1. The normalized spacial score (nSPS) is 11.1. The van der Waals surface area contributed by atoms with Crippen molar-refractivity contribution in [3.8, 4) is 11.4 Å². The van der Waals surface area contributed by atoms with Crippen LogP contribution in [0.25, 0.3) is 33.3 Å². The number of nitrogens with one attached hydrogen (secondary N) is 3. The molecule has 2 aromatic carbocycles. The highest BCUT2D eigenvalue weighted by atomic mass is 16.1. The second-order valence-electron chi connectivity index (χ2n) is 6.40. The van der Waals surface area contributed by atoms with E-state index < -0.39 is 0 Å². The number of aromatic amines is 2. The minimum absolute atomic E-state index is 0.277. The first-order valence-electron chi connectivity index (χ1n) is 8.74. The third-order valence-electron chi connectivity index (χ3n) is 4.61. The van der Waals surface area contributed by atoms with Gasteiger partial charge in [-0.2, -0.15) is 0 Å². The highest BCUT2D eigenvalue weighted by Crippen LogP contribution is 2.31. The molecule has 5 N–H and O–H groups in total. The number of nitrogen functional groups attached to an aromatic ring is 1. The summed E-state index contributed by atoms with van der Waals surface area (Å²) < 4.78 is 0. The number of anilines is 1. The molecule has 2 aromatic heterocycles. The van der Waals surface area contributed by atoms with Crippen molar-refractivity contribution in [3.63, 3.8) is 0 Å². The van der Waals surface area contributed by atoms with E-state index in [1.807, 2.05) is 42.5 Å². The van der Waals surface area contributed by atoms with Gasteiger partial charge in [0.2, 0.25) is 6.41 Å². The van der Waals surface area contributed by atoms with Crippen molar-refractivity contribution < 1.29 is 4.79 Å². The lowest BCUT2D eigenvalue weighted by molar-refractivity contribution is -0.109. The first-order valence-corrected chi connectivity index (χ1v) is 8.74. The average Bonchev–Trinajstić information content (AvgIpc) is 3.01. The van der Waals surface area contributed by atoms with E-state index in [0.717, 1.165) is 29.3 Å². The number of aryl methyl sites for hydroxylation is 1. The van der Waals surface area contributed by atoms with Crippen LogP contribution in [-0.4, -0.2) is 27.9 Å². The summed E-state index contributed by atoms with van der Waals surface area (Å²) in [4.78, 5) is 33.4. The van der Waals surface area contributed by atoms with Crippen LogP contribution >= 0.6 is 0 Å². The smallest absolute Gasteiger partial charge is 0.276 e. The minimum Gasteiger partial charge on any atom is -0.396 e. The number of nitrogens with zero attached hydrogens (tertiary/aromatic N) is 1. The SMILES string of the molecule is Nc1c(-c2nc3ccccc3[nH]c2=O)[nH]c2ccc(CCCNC=O)cc12. The third kappa shape index (κ3) is 3.15. The Labute approximate surface area is 154 Å². The number of hydrogen-bond acceptors (Lipinski definition) is 4. The third-order valence-corrected chi connectivity index (χ3v) is 4.61. The second kappa shape index (κ2) is 6.95. The second-order valence-corrected chi connectivity index (χ2v) is 6.40. The molecule has 0 unspecified atom stereocenters. The number of benzene rings is 2. The van der Waals surface area contributed by atoms with E-state index in [-0.39, 0.29) is 11.3 Å². The van der Waals surface area contributed by atoms with Gasteiger partial charge in [-0.1, -0.05) is 18.2 Å². The molecule has 0 spiro atoms. The number of amides is 1. The predicted octanol–water partition coefficient (Wildman–Crippen LogP) is 2.33. The maximum absolute atomic E-state index is 12.5. The van der Waals surface area contributed by atoms with E-state index in [9.17, 15) is 9.59 Å². The Bertz CT molecular complexity index is 1190. The Morgan fingerprint density at radius 2 is 1.96 bits per heavy atom. The quantitative estimate of drug-likeness (QED) is 0.311. The number of H-pyrrole nitrogens is 2. The molecule has 2 heterocycles. The number of fused-ring (bicyclic) bond motifs is 2. The van der Waals surface area contributed by atoms with Crippen LogP contribution in [0.15, 0.2) is 47.3 Å². The Kier molecular flexibility index (Phi) is 4.33. The van der Waals surface area contributed by atoms with E-state index in [4.69, 9.17) is 5.73 Å². The number of para-hydroxylation sites is 2. The first kappa shape index (κ1) is 16.8. The molecule has 7 nitrogen and oxygen atoms in total. The fraction of sp³-hybridized carbons (Fsp3) is 0.150. The zero-order valence-corrected chi connectivity index (χ0v) is 14.6. The van der Waals surface area contributed by atoms with Crippen molar-refractivity contribution in [2.45, 2.75) is 12.8 Å². The summed E-state index contributed by atoms with van der Waals surface area (Å²) in [6.07, 6.45) is 2.37. The number of rotatable bonds is 6. The molecule has 0 radical (unpaired) electrons. The monoisotopic (exact) mass is 361 g/mol. The summed E-state index contributed by atoms with van der Waals surface area (Å²) in [5.74, 6) is 0. The number of carbonyl (C=O) groups excluding carboxylic acids is 1. The summed E-state index contributed by atoms with van der Waals surface area (Å²) in [6, 6.07) is 13.4. The van der Waals surface area contributed by atoms with E-state index in [1.54, 1.807) is 0 Å². The molecular weight excluding hydrogens is 342 g/mol. The molecule has 1 amide bonds. The zero-order chi connectivity index (χ0) is 18.8. The van der Waals surface area contributed by atoms with Gasteiger partial charge in [-0.05, 0) is 42.7 Å². The Morgan fingerprint density at radius 3 is 2.81 bits per heavy atom. The van der Waals surface area contributed by atoms with Gasteiger partial charge in [-0.3, -0.25) is 9.59 Å². The van der Waals surface area contributed by atoms with Crippen LogP contribution in [0.2, 0.25) is 0 Å². The lowest BCUT2D eigenvalue weighted by Crippen LogP contribution is -2.12. The van der Waals surface area contributed by atoms with Crippen molar-refractivity contribution in [1.82, 2.24) is 20.3 Å². The van der Waals surface area contributed by atoms with Gasteiger partial charge in [0.15, 0.2) is 5.69 Å². The van der Waals surface area contributed by atoms with Crippen LogP contribution in [0.4, 0.5) is 5.69 Å². The highest BCUT2D eigenvalue weighted by molar-refractivity contribution is 6.00. The fourth-order valence-electron chi connectivity index (χ4n) is 3.25. The summed E-state index contributed by atoms with van der Waals surface area (Å²) in [7, 11) is 0. The van der Waals surface area contributed by atoms with Gasteiger partial charge in [-0.25, -0.2) is 4.98 Å². The van der Waals surface area contributed by atoms with Crippen molar-refractivity contribution in [1.29, 1.82) is 0 Å². The molecule has 0 saturated carbocycles. The summed E-state index contributed by atoms with van der Waals surface area (Å²) in [5, 5.41) is 3.52. The minimum atomic E-state index is -0.285. The van der Waals surface area contributed by atoms with Gasteiger partial charge < -0.3 is 21.0 Å². The van der Waals surface area contributed by atoms with Crippen molar-refractivity contribution >= 4 is 34.0 Å². The fourth-order valence-corrected chi connectivity index (χ4v) is 3.25. The summed E-state index contributed by atoms with van der Waals surface area (Å²) >= 11 is 0. The van der Waals surface area contributed by atoms with Gasteiger partial charge in [0.05, 0.1) is 22.4 Å². The van der Waals surface area contributed by atoms with Crippen molar-refractivity contribution in [3.05, 3.63) is 58.4 Å². The van der Waals surface area contributed by atoms with E-state index in [2.05, 4.69) is 20.3 Å². The van der Waals surface area contributed by atoms with Crippen molar-refractivity contribution in [2.75, 3.05) is 12.3 Å². The molecule has 4 rings (SSSR count). The molecule has 4 aromatic rings. The number of hydrogen-bond donors (Lipinski definition) is 4. The molecule has 0 atom stereocenters. The van der Waals surface area contributed by atoms with Gasteiger partial charge in [-0.15, -0.1) is 0 Å². The maximum atomic E-state index is 12.5. The van der Waals surface area contributed by atoms with E-state index >= 15 is 0 Å². The molecule has 27 heavy (non-hydrogen) atoms. The Hall–Kier alpha value is -3.61. The zero-order valence-electron chi connectivity index (χ0n) is 14.6. The number of aromatic nitrogens is 3. The van der Waals surface area contributed by atoms with E-state index in [0.29, 0.717) is 35.4 Å². The highest BCUT2D eigenvalue weighted by Gasteiger charge is 2.16. The molecule has 7 heteroatoms. The predicted molar refractivity (Wildman–Crippen MR) is 106 cm³/mol. The van der Waals surface area contributed by atoms with Crippen LogP contribution in [0.3, 0.4) is 0 Å². The lowest BCUT2D eigenvalue weighted by Gasteiger charge is -2.03. The van der Waals surface area contributed by atoms with Crippen LogP contribution < -0.4 is 16.6 Å². The molecule has 0 saturated heterocycles. The van der Waals surface area contributed by atoms with Crippen LogP contribution in [-0.2, 0) is 11.2 Å². The van der Waals surface area contributed by atoms with Crippen LogP contribution in [0.1, 0.15) is 12.0 Å². The van der Waals surface area contributed by atoms with Gasteiger partial charge in [0.25, 0.3) is 5.56 Å². The standard InChI is InChI=1S/C20H19N5O2/c21-17-13-10-12(4-3-9-22-11-26)7-8-14(13)23-18(17)19-20(27)25-16-6-2-1-5-15(16)24-19/h1-2,5-8,10-11,23H,3-4,9,21H2,(H,22,26)(H,25,27). The molecular formula is C20H19N5O2. The molecule has 0 aliphatic heterocycles. The number of carbonyl (C=O) groups is 1. The molecule has 0 bridgehead atoms. The Balaban J connectivity index is 1.74. The molecule has 136 valence electrons. The molecule has 0 aliphatic carbocycles. The van der Waals surface area contributed by atoms with Crippen LogP contribution in [0, 0.1) is 0 Å². The summed E-state index contributed by atoms with van der Waals surface area (Å²) in [6.45, 7) is 0.631. The average molecular weight is 361 g/mol. The molecule has 0 aliphatic rings. The van der Waals surface area contributed by atoms with Gasteiger partial charge >= 0.3 is 0 Å². The molecule has 0 fully saturated rings. The van der Waals surface area contributed by atoms with Gasteiger partial charge in [0, 0.05) is 17.4 Å². The largest absolute Gasteiger partial charge is 0.396 e. The van der Waals surface area contributed by atoms with Crippen LogP contribution in [0.5, 0.6) is 0 Å². The Morgan fingerprint density at radius 1 is 1.11 bits per heavy atom. The summed E-state index contributed by atoms with van der Waals surface area (Å²) in [5.41, 5.74) is 10.7. The van der Waals surface area contributed by atoms with Gasteiger partial charge in [0.1, 0.15) is 0 Å². The van der Waals surface area contributed by atoms with Crippen molar-refractivity contribution in [2.24, 2.45) is 0 Å². The maximum Gasteiger partial charge on any atom is 0.276 e. The lowest BCUT2D eigenvalue weighted by atomic mass is 10.1. The van der Waals surface area contributed by atoms with E-state index in [1.165, 1.54) is 0 Å². The topological polar surface area (TPSA) is 117 Å². The first-order chi connectivity index (χ1) is 13.2.